The molecule has 1 heterocycles. The van der Waals surface area contributed by atoms with Gasteiger partial charge in [0.1, 0.15) is 0 Å². The molecule has 0 aliphatic carbocycles. The van der Waals surface area contributed by atoms with Gasteiger partial charge in [-0.2, -0.15) is 0 Å². The van der Waals surface area contributed by atoms with Crippen LogP contribution in [0.4, 0.5) is 5.69 Å². The van der Waals surface area contributed by atoms with E-state index in [-0.39, 0.29) is 18.3 Å². The second kappa shape index (κ2) is 5.00. The molecule has 1 saturated heterocycles. The first-order valence-electron chi connectivity index (χ1n) is 7.77. The van der Waals surface area contributed by atoms with Crippen LogP contribution in [0.2, 0.25) is 0 Å². The minimum Gasteiger partial charge on any atom is -0.399 e. The van der Waals surface area contributed by atoms with Crippen molar-refractivity contribution in [3.8, 4) is 0 Å². The van der Waals surface area contributed by atoms with Gasteiger partial charge in [0.25, 0.3) is 0 Å². The van der Waals surface area contributed by atoms with Gasteiger partial charge in [0.05, 0.1) is 11.2 Å². The molecular formula is C18H24BNO2. The summed E-state index contributed by atoms with van der Waals surface area (Å²) in [7, 11) is 3.79. The normalized spacial score (nSPS) is 19.6. The van der Waals surface area contributed by atoms with Crippen LogP contribution in [0.3, 0.4) is 0 Å². The number of hydrogen-bond donors (Lipinski definition) is 0. The van der Waals surface area contributed by atoms with Crippen LogP contribution in [0.25, 0.3) is 10.8 Å². The number of fused-ring (bicyclic) bond motifs is 1. The van der Waals surface area contributed by atoms with Crippen molar-refractivity contribution in [2.75, 3.05) is 19.0 Å². The average molecular weight is 297 g/mol. The molecule has 0 atom stereocenters. The first kappa shape index (κ1) is 15.4. The van der Waals surface area contributed by atoms with Crippen LogP contribution in [0.5, 0.6) is 0 Å². The highest BCUT2D eigenvalue weighted by Gasteiger charge is 2.52. The maximum absolute atomic E-state index is 6.25. The molecule has 0 saturated carbocycles. The molecule has 2 aromatic carbocycles. The van der Waals surface area contributed by atoms with Crippen LogP contribution in [0.15, 0.2) is 36.4 Å². The highest BCUT2D eigenvalue weighted by atomic mass is 16.7. The van der Waals surface area contributed by atoms with Crippen LogP contribution < -0.4 is 10.4 Å². The van der Waals surface area contributed by atoms with Crippen LogP contribution in [0, 0.1) is 0 Å². The van der Waals surface area contributed by atoms with E-state index in [2.05, 4.69) is 83.1 Å². The molecule has 0 unspecified atom stereocenters. The van der Waals surface area contributed by atoms with Gasteiger partial charge < -0.3 is 14.2 Å². The van der Waals surface area contributed by atoms with Crippen molar-refractivity contribution in [1.82, 2.24) is 0 Å². The van der Waals surface area contributed by atoms with Crippen LogP contribution >= 0.6 is 0 Å². The standard InChI is InChI=1S/C18H24BNO2/c1-17(2)18(3,4)22-19(21-17)14-11-7-9-13-10-8-12-15(16(13)14)20(5)6/h7-12H,1-6H3. The average Bonchev–Trinajstić information content (AvgIpc) is 2.66. The third-order valence-electron chi connectivity index (χ3n) is 4.90. The van der Waals surface area contributed by atoms with Crippen molar-refractivity contribution >= 4 is 29.0 Å². The third-order valence-corrected chi connectivity index (χ3v) is 4.90. The smallest absolute Gasteiger partial charge is 0.399 e. The van der Waals surface area contributed by atoms with Crippen LogP contribution in [0.1, 0.15) is 27.7 Å². The summed E-state index contributed by atoms with van der Waals surface area (Å²) < 4.78 is 12.5. The Bertz CT molecular complexity index is 688. The highest BCUT2D eigenvalue weighted by molar-refractivity contribution is 6.65. The summed E-state index contributed by atoms with van der Waals surface area (Å²) in [6.45, 7) is 8.35. The predicted octanol–water partition coefficient (Wildman–Crippen LogP) is 3.21. The molecule has 22 heavy (non-hydrogen) atoms. The summed E-state index contributed by atoms with van der Waals surface area (Å²) in [6, 6.07) is 12.7. The van der Waals surface area contributed by atoms with Crippen molar-refractivity contribution in [3.63, 3.8) is 0 Å². The largest absolute Gasteiger partial charge is 0.495 e. The molecule has 0 radical (unpaired) electrons. The summed E-state index contributed by atoms with van der Waals surface area (Å²) in [5.74, 6) is 0. The quantitative estimate of drug-likeness (QED) is 0.795. The van der Waals surface area contributed by atoms with Crippen molar-refractivity contribution in [2.24, 2.45) is 0 Å². The second-order valence-corrected chi connectivity index (χ2v) is 7.21. The molecule has 116 valence electrons. The molecule has 3 rings (SSSR count). The lowest BCUT2D eigenvalue weighted by molar-refractivity contribution is 0.00578. The summed E-state index contributed by atoms with van der Waals surface area (Å²) in [6.07, 6.45) is 0. The fourth-order valence-electron chi connectivity index (χ4n) is 2.89. The Morgan fingerprint density at radius 2 is 1.41 bits per heavy atom. The van der Waals surface area contributed by atoms with Gasteiger partial charge in [-0.15, -0.1) is 0 Å². The summed E-state index contributed by atoms with van der Waals surface area (Å²) in [5.41, 5.74) is 1.63. The molecule has 3 nitrogen and oxygen atoms in total. The monoisotopic (exact) mass is 297 g/mol. The number of hydrogen-bond acceptors (Lipinski definition) is 3. The van der Waals surface area contributed by atoms with E-state index in [4.69, 9.17) is 9.31 Å². The lowest BCUT2D eigenvalue weighted by atomic mass is 9.75. The predicted molar refractivity (Wildman–Crippen MR) is 94.0 cm³/mol. The molecule has 1 aliphatic rings. The van der Waals surface area contributed by atoms with Gasteiger partial charge in [0, 0.05) is 25.2 Å². The SMILES string of the molecule is CN(C)c1cccc2cccc(B3OC(C)(C)C(C)(C)O3)c12. The summed E-state index contributed by atoms with van der Waals surface area (Å²) >= 11 is 0. The summed E-state index contributed by atoms with van der Waals surface area (Å²) in [4.78, 5) is 2.14. The zero-order valence-corrected chi connectivity index (χ0v) is 14.3. The molecule has 0 spiro atoms. The summed E-state index contributed by atoms with van der Waals surface area (Å²) in [5, 5.41) is 2.41. The van der Waals surface area contributed by atoms with E-state index >= 15 is 0 Å². The zero-order chi connectivity index (χ0) is 16.1. The Kier molecular flexibility index (Phi) is 3.50. The lowest BCUT2D eigenvalue weighted by Gasteiger charge is -2.32. The van der Waals surface area contributed by atoms with Crippen molar-refractivity contribution in [1.29, 1.82) is 0 Å². The molecule has 0 aromatic heterocycles. The molecular weight excluding hydrogens is 273 g/mol. The fourth-order valence-corrected chi connectivity index (χ4v) is 2.89. The Balaban J connectivity index is 2.17. The Labute approximate surface area is 133 Å². The molecule has 0 bridgehead atoms. The number of anilines is 1. The van der Waals surface area contributed by atoms with E-state index in [1.807, 2.05) is 0 Å². The minimum atomic E-state index is -0.338. The second-order valence-electron chi connectivity index (χ2n) is 7.21. The molecule has 1 fully saturated rings. The molecule has 4 heteroatoms. The van der Waals surface area contributed by atoms with Gasteiger partial charge in [-0.25, -0.2) is 0 Å². The molecule has 0 amide bonds. The Morgan fingerprint density at radius 3 is 1.95 bits per heavy atom. The number of benzene rings is 2. The van der Waals surface area contributed by atoms with E-state index in [0.717, 1.165) is 5.46 Å². The fraction of sp³-hybridized carbons (Fsp3) is 0.444. The van der Waals surface area contributed by atoms with E-state index in [1.165, 1.54) is 16.5 Å². The van der Waals surface area contributed by atoms with Crippen LogP contribution in [-0.2, 0) is 9.31 Å². The van der Waals surface area contributed by atoms with E-state index in [9.17, 15) is 0 Å². The van der Waals surface area contributed by atoms with Crippen LogP contribution in [-0.4, -0.2) is 32.4 Å². The first-order valence-corrected chi connectivity index (χ1v) is 7.77. The molecule has 1 aliphatic heterocycles. The number of rotatable bonds is 2. The van der Waals surface area contributed by atoms with Gasteiger partial charge in [0.15, 0.2) is 0 Å². The lowest BCUT2D eigenvalue weighted by Crippen LogP contribution is -2.41. The highest BCUT2D eigenvalue weighted by Crippen LogP contribution is 2.37. The van der Waals surface area contributed by atoms with Crippen molar-refractivity contribution < 1.29 is 9.31 Å². The maximum atomic E-state index is 6.25. The van der Waals surface area contributed by atoms with Gasteiger partial charge in [-0.1, -0.05) is 30.3 Å². The first-order chi connectivity index (χ1) is 10.2. The third kappa shape index (κ3) is 2.31. The van der Waals surface area contributed by atoms with Crippen molar-refractivity contribution in [3.05, 3.63) is 36.4 Å². The topological polar surface area (TPSA) is 21.7 Å². The zero-order valence-electron chi connectivity index (χ0n) is 14.3. The van der Waals surface area contributed by atoms with Gasteiger partial charge in [-0.3, -0.25) is 0 Å². The Morgan fingerprint density at radius 1 is 0.864 bits per heavy atom. The maximum Gasteiger partial charge on any atom is 0.495 e. The Hall–Kier alpha value is -1.52. The van der Waals surface area contributed by atoms with E-state index in [0.29, 0.717) is 0 Å². The van der Waals surface area contributed by atoms with E-state index in [1.54, 1.807) is 0 Å². The number of nitrogens with zero attached hydrogens (tertiary/aromatic N) is 1. The molecule has 0 N–H and O–H groups in total. The van der Waals surface area contributed by atoms with E-state index < -0.39 is 0 Å². The molecule has 2 aromatic rings. The minimum absolute atomic E-state index is 0.326. The van der Waals surface area contributed by atoms with Gasteiger partial charge >= 0.3 is 7.12 Å². The van der Waals surface area contributed by atoms with Crippen molar-refractivity contribution in [2.45, 2.75) is 38.9 Å². The van der Waals surface area contributed by atoms with Gasteiger partial charge in [0.2, 0.25) is 0 Å². The van der Waals surface area contributed by atoms with Gasteiger partial charge in [-0.05, 0) is 44.6 Å².